The van der Waals surface area contributed by atoms with Gasteiger partial charge in [-0.05, 0) is 50.8 Å². The first-order chi connectivity index (χ1) is 17.2. The Morgan fingerprint density at radius 3 is 2.43 bits per heavy atom. The molecule has 1 heterocycles. The van der Waals surface area contributed by atoms with Crippen LogP contribution in [0.4, 0.5) is 0 Å². The highest BCUT2D eigenvalue weighted by Crippen LogP contribution is 2.40. The maximum atomic E-state index is 13.4. The largest absolute Gasteiger partial charge is 0.493 e. The monoisotopic (exact) mass is 514 g/mol. The minimum atomic E-state index is -0.317. The zero-order chi connectivity index (χ0) is 28.1. The molecule has 0 radical (unpaired) electrons. The van der Waals surface area contributed by atoms with Gasteiger partial charge >= 0.3 is 0 Å². The predicted octanol–water partition coefficient (Wildman–Crippen LogP) is 4.38. The van der Waals surface area contributed by atoms with E-state index in [-0.39, 0.29) is 36.1 Å². The van der Waals surface area contributed by atoms with Crippen molar-refractivity contribution in [1.29, 1.82) is 5.41 Å². The summed E-state index contributed by atoms with van der Waals surface area (Å²) in [6.45, 7) is 17.9. The number of carbonyl (C=O) groups is 1. The first-order valence-electron chi connectivity index (χ1n) is 12.4. The van der Waals surface area contributed by atoms with E-state index in [0.717, 1.165) is 16.7 Å². The van der Waals surface area contributed by atoms with Crippen molar-refractivity contribution < 1.29 is 24.1 Å². The highest BCUT2D eigenvalue weighted by atomic mass is 16.5. The van der Waals surface area contributed by atoms with Gasteiger partial charge in [0.25, 0.3) is 0 Å². The van der Waals surface area contributed by atoms with Crippen LogP contribution in [0.25, 0.3) is 5.57 Å². The van der Waals surface area contributed by atoms with Crippen LogP contribution in [0.1, 0.15) is 76.6 Å². The third kappa shape index (κ3) is 7.13. The number of hydrogen-bond donors (Lipinski definition) is 2. The van der Waals surface area contributed by atoms with E-state index in [9.17, 15) is 4.79 Å². The molecule has 0 saturated carbocycles. The number of carbonyl (C=O) groups excluding carboxylic acids is 1. The van der Waals surface area contributed by atoms with Gasteiger partial charge in [-0.2, -0.15) is 5.10 Å². The summed E-state index contributed by atoms with van der Waals surface area (Å²) in [4.78, 5) is 13.4. The quantitative estimate of drug-likeness (QED) is 0.188. The van der Waals surface area contributed by atoms with Gasteiger partial charge < -0.3 is 19.3 Å². The van der Waals surface area contributed by atoms with E-state index in [1.54, 1.807) is 24.8 Å². The summed E-state index contributed by atoms with van der Waals surface area (Å²) in [6.07, 6.45) is 0.452. The molecule has 2 rings (SSSR count). The van der Waals surface area contributed by atoms with Gasteiger partial charge in [-0.3, -0.25) is 14.8 Å². The second kappa shape index (κ2) is 12.3. The number of aliphatic hydroxyl groups excluding tert-OH is 1. The van der Waals surface area contributed by atoms with Crippen molar-refractivity contribution in [2.24, 2.45) is 7.05 Å². The molecule has 0 unspecified atom stereocenters. The smallest absolute Gasteiger partial charge is 0.220 e. The van der Waals surface area contributed by atoms with Crippen LogP contribution < -0.4 is 15.1 Å². The van der Waals surface area contributed by atoms with Crippen molar-refractivity contribution in [1.82, 2.24) is 14.3 Å². The summed E-state index contributed by atoms with van der Waals surface area (Å²) >= 11 is 0. The number of aliphatic hydroxyl groups is 1. The molecule has 9 heteroatoms. The first-order valence-corrected chi connectivity index (χ1v) is 12.4. The number of hydrogen-bond acceptors (Lipinski definition) is 7. The van der Waals surface area contributed by atoms with Gasteiger partial charge in [0.1, 0.15) is 12.3 Å². The second-order valence-corrected chi connectivity index (χ2v) is 10.4. The molecule has 0 aliphatic carbocycles. The van der Waals surface area contributed by atoms with Crippen LogP contribution in [0, 0.1) is 5.41 Å². The molecule has 9 nitrogen and oxygen atoms in total. The number of ketones is 1. The number of nitrogens with zero attached hydrogens (tertiary/aromatic N) is 3. The summed E-state index contributed by atoms with van der Waals surface area (Å²) < 4.78 is 20.3. The van der Waals surface area contributed by atoms with E-state index in [2.05, 4.69) is 11.7 Å². The van der Waals surface area contributed by atoms with Crippen molar-refractivity contribution in [2.75, 3.05) is 20.3 Å². The summed E-state index contributed by atoms with van der Waals surface area (Å²) in [5.74, 6) is 1.90. The average Bonchev–Trinajstić information content (AvgIpc) is 3.10. The van der Waals surface area contributed by atoms with Gasteiger partial charge in [-0.15, -0.1) is 0 Å². The van der Waals surface area contributed by atoms with E-state index in [1.807, 2.05) is 54.5 Å². The molecule has 1 aromatic carbocycles. The highest BCUT2D eigenvalue weighted by Gasteiger charge is 2.25. The molecule has 0 amide bonds. The third-order valence-corrected chi connectivity index (χ3v) is 6.03. The maximum absolute atomic E-state index is 13.4. The Hall–Kier alpha value is -3.33. The molecule has 0 fully saturated rings. The first kappa shape index (κ1) is 29.9. The van der Waals surface area contributed by atoms with Crippen LogP contribution in [-0.2, 0) is 23.7 Å². The zero-order valence-electron chi connectivity index (χ0n) is 23.7. The van der Waals surface area contributed by atoms with Crippen molar-refractivity contribution in [3.63, 3.8) is 0 Å². The SMILES string of the molecule is C=C(OC(C)C)/C(C)=C(/C)c1nn(CC(=O)c2cc(OCCCO)c(OC)c(C(C)(C)C)c2)c(=N)n1C. The standard InChI is InChI=1S/C28H42N4O5/c1-17(2)37-20(5)18(3)19(4)26-30-32(27(29)31(26)9)16-23(34)21-14-22(28(6,7)8)25(35-10)24(15-21)36-13-11-12-33/h14-15,17,29,33H,5,11-13,16H2,1-4,6-10H3/b19-18-,29-27?. The molecule has 0 aliphatic heterocycles. The Kier molecular flexibility index (Phi) is 9.92. The molecule has 2 aromatic rings. The van der Waals surface area contributed by atoms with Gasteiger partial charge in [-0.25, -0.2) is 4.68 Å². The van der Waals surface area contributed by atoms with Gasteiger partial charge in [0, 0.05) is 36.8 Å². The van der Waals surface area contributed by atoms with E-state index < -0.39 is 0 Å². The Bertz CT molecular complexity index is 1230. The molecule has 0 atom stereocenters. The lowest BCUT2D eigenvalue weighted by Crippen LogP contribution is -2.27. The van der Waals surface area contributed by atoms with Crippen LogP contribution in [0.5, 0.6) is 11.5 Å². The molecule has 1 aromatic heterocycles. The lowest BCUT2D eigenvalue weighted by molar-refractivity contribution is 0.0964. The van der Waals surface area contributed by atoms with E-state index in [1.165, 1.54) is 4.68 Å². The Morgan fingerprint density at radius 2 is 1.89 bits per heavy atom. The minimum absolute atomic E-state index is 0.00225. The summed E-state index contributed by atoms with van der Waals surface area (Å²) in [5.41, 5.74) is 2.68. The van der Waals surface area contributed by atoms with Crippen LogP contribution >= 0.6 is 0 Å². The molecular formula is C28H42N4O5. The number of rotatable bonds is 12. The second-order valence-electron chi connectivity index (χ2n) is 10.4. The maximum Gasteiger partial charge on any atom is 0.220 e. The number of allylic oxidation sites excluding steroid dienone is 2. The molecule has 0 bridgehead atoms. The van der Waals surface area contributed by atoms with Gasteiger partial charge in [-0.1, -0.05) is 27.4 Å². The van der Waals surface area contributed by atoms with Gasteiger partial charge in [0.15, 0.2) is 23.1 Å². The molecule has 2 N–H and O–H groups in total. The fourth-order valence-electron chi connectivity index (χ4n) is 3.80. The molecule has 0 saturated heterocycles. The van der Waals surface area contributed by atoms with Crippen molar-refractivity contribution in [3.05, 3.63) is 52.6 Å². The minimum Gasteiger partial charge on any atom is -0.493 e. The van der Waals surface area contributed by atoms with Gasteiger partial charge in [0.2, 0.25) is 5.62 Å². The van der Waals surface area contributed by atoms with E-state index in [4.69, 9.17) is 24.7 Å². The number of ether oxygens (including phenoxy) is 3. The number of aromatic nitrogens is 3. The van der Waals surface area contributed by atoms with E-state index in [0.29, 0.717) is 41.7 Å². The Morgan fingerprint density at radius 1 is 1.24 bits per heavy atom. The molecule has 0 spiro atoms. The van der Waals surface area contributed by atoms with Crippen molar-refractivity contribution >= 4 is 11.4 Å². The number of nitrogens with one attached hydrogen (secondary N) is 1. The fourth-order valence-corrected chi connectivity index (χ4v) is 3.80. The molecule has 0 aliphatic rings. The Balaban J connectivity index is 2.48. The van der Waals surface area contributed by atoms with Crippen LogP contribution in [0.2, 0.25) is 0 Å². The van der Waals surface area contributed by atoms with Crippen LogP contribution in [0.3, 0.4) is 0 Å². The predicted molar refractivity (Wildman–Crippen MR) is 144 cm³/mol. The average molecular weight is 515 g/mol. The van der Waals surface area contributed by atoms with E-state index >= 15 is 0 Å². The number of methoxy groups -OCH3 is 1. The fraction of sp³-hybridized carbons (Fsp3) is 0.536. The van der Waals surface area contributed by atoms with Gasteiger partial charge in [0.05, 0.1) is 19.8 Å². The highest BCUT2D eigenvalue weighted by molar-refractivity contribution is 5.97. The molecular weight excluding hydrogens is 472 g/mol. The van der Waals surface area contributed by atoms with Crippen LogP contribution in [0.15, 0.2) is 30.0 Å². The third-order valence-electron chi connectivity index (χ3n) is 6.03. The number of Topliss-reactive ketones (excluding diaryl/α,β-unsaturated/α-hetero) is 1. The topological polar surface area (TPSA) is 112 Å². The van der Waals surface area contributed by atoms with Crippen molar-refractivity contribution in [3.8, 4) is 11.5 Å². The van der Waals surface area contributed by atoms with Crippen LogP contribution in [-0.4, -0.2) is 51.7 Å². The molecule has 204 valence electrons. The lowest BCUT2D eigenvalue weighted by Gasteiger charge is -2.25. The summed E-state index contributed by atoms with van der Waals surface area (Å²) in [5, 5.41) is 22.3. The summed E-state index contributed by atoms with van der Waals surface area (Å²) in [6, 6.07) is 3.47. The molecule has 37 heavy (non-hydrogen) atoms. The van der Waals surface area contributed by atoms with Crippen molar-refractivity contribution in [2.45, 2.75) is 73.0 Å². The number of benzene rings is 1. The lowest BCUT2D eigenvalue weighted by atomic mass is 9.84. The normalized spacial score (nSPS) is 12.4. The Labute approximate surface area is 219 Å². The zero-order valence-corrected chi connectivity index (χ0v) is 23.7. The summed E-state index contributed by atoms with van der Waals surface area (Å²) in [7, 11) is 3.31.